The van der Waals surface area contributed by atoms with E-state index < -0.39 is 0 Å². The molecule has 2 aliphatic rings. The predicted octanol–water partition coefficient (Wildman–Crippen LogP) is 3.55. The van der Waals surface area contributed by atoms with Gasteiger partial charge in [0.05, 0.1) is 37.7 Å². The molecule has 1 aromatic heterocycles. The molecule has 156 valence electrons. The maximum absolute atomic E-state index is 9.33. The number of aromatic nitrogens is 2. The quantitative estimate of drug-likeness (QED) is 0.647. The Hall–Kier alpha value is -3.63. The van der Waals surface area contributed by atoms with Gasteiger partial charge in [-0.1, -0.05) is 18.2 Å². The maximum Gasteiger partial charge on any atom is 0.228 e. The second-order valence-corrected chi connectivity index (χ2v) is 7.57. The lowest BCUT2D eigenvalue weighted by Gasteiger charge is -2.28. The fraction of sp³-hybridized carbons (Fsp3) is 0.292. The minimum atomic E-state index is 0.640. The summed E-state index contributed by atoms with van der Waals surface area (Å²) in [6, 6.07) is 17.9. The summed E-state index contributed by atoms with van der Waals surface area (Å²) in [7, 11) is 1.67. The van der Waals surface area contributed by atoms with Crippen LogP contribution in [0.15, 0.2) is 48.5 Å². The summed E-state index contributed by atoms with van der Waals surface area (Å²) in [4.78, 5) is 14.4. The number of morpholine rings is 1. The highest BCUT2D eigenvalue weighted by atomic mass is 16.5. The number of anilines is 3. The summed E-state index contributed by atoms with van der Waals surface area (Å²) in [6.07, 6.45) is 0.835. The van der Waals surface area contributed by atoms with E-state index in [1.165, 1.54) is 0 Å². The summed E-state index contributed by atoms with van der Waals surface area (Å²) in [5, 5.41) is 9.33. The molecule has 5 rings (SSSR count). The number of ether oxygens (including phenoxy) is 2. The first-order valence-electron chi connectivity index (χ1n) is 10.4. The van der Waals surface area contributed by atoms with E-state index in [1.807, 2.05) is 42.5 Å². The van der Waals surface area contributed by atoms with Crippen molar-refractivity contribution in [3.8, 4) is 23.1 Å². The number of methoxy groups -OCH3 is 1. The minimum absolute atomic E-state index is 0.640. The average molecular weight is 413 g/mol. The highest BCUT2D eigenvalue weighted by molar-refractivity contribution is 5.77. The number of nitrogens with zero attached hydrogens (tertiary/aromatic N) is 5. The van der Waals surface area contributed by atoms with Crippen LogP contribution in [0.1, 0.15) is 11.1 Å². The molecule has 0 atom stereocenters. The molecule has 1 saturated heterocycles. The molecule has 31 heavy (non-hydrogen) atoms. The lowest BCUT2D eigenvalue weighted by Crippen LogP contribution is -2.37. The standard InChI is InChI=1S/C24H23N5O2/c1-30-20-7-3-5-18(15-20)22-21-8-9-29(19-6-2-4-17(14-19)16-25)23(21)27-24(26-22)28-10-12-31-13-11-28/h2-7,14-15H,8-13H2,1H3. The molecular formula is C24H23N5O2. The van der Waals surface area contributed by atoms with Gasteiger partial charge in [-0.05, 0) is 36.8 Å². The number of fused-ring (bicyclic) bond motifs is 1. The van der Waals surface area contributed by atoms with Crippen molar-refractivity contribution in [3.05, 3.63) is 59.7 Å². The number of nitriles is 1. The molecule has 0 amide bonds. The molecule has 0 bridgehead atoms. The van der Waals surface area contributed by atoms with Gasteiger partial charge in [-0.2, -0.15) is 10.2 Å². The fourth-order valence-corrected chi connectivity index (χ4v) is 4.15. The highest BCUT2D eigenvalue weighted by Gasteiger charge is 2.29. The molecule has 0 unspecified atom stereocenters. The minimum Gasteiger partial charge on any atom is -0.497 e. The molecule has 2 aliphatic heterocycles. The second-order valence-electron chi connectivity index (χ2n) is 7.57. The van der Waals surface area contributed by atoms with Crippen LogP contribution in [0, 0.1) is 11.3 Å². The number of rotatable bonds is 4. The van der Waals surface area contributed by atoms with E-state index in [2.05, 4.69) is 21.9 Å². The summed E-state index contributed by atoms with van der Waals surface area (Å²) in [5.41, 5.74) is 4.68. The van der Waals surface area contributed by atoms with Gasteiger partial charge < -0.3 is 19.3 Å². The lowest BCUT2D eigenvalue weighted by molar-refractivity contribution is 0.122. The molecule has 7 heteroatoms. The Morgan fingerprint density at radius 3 is 2.68 bits per heavy atom. The molecule has 0 saturated carbocycles. The van der Waals surface area contributed by atoms with Crippen molar-refractivity contribution in [1.82, 2.24) is 9.97 Å². The Balaban J connectivity index is 1.65. The normalized spacial score (nSPS) is 15.5. The van der Waals surface area contributed by atoms with E-state index in [0.29, 0.717) is 24.7 Å². The molecule has 0 spiro atoms. The second kappa shape index (κ2) is 8.25. The van der Waals surface area contributed by atoms with Crippen molar-refractivity contribution < 1.29 is 9.47 Å². The van der Waals surface area contributed by atoms with Crippen LogP contribution in [-0.2, 0) is 11.2 Å². The highest BCUT2D eigenvalue weighted by Crippen LogP contribution is 2.40. The topological polar surface area (TPSA) is 74.5 Å². The van der Waals surface area contributed by atoms with Crippen LogP contribution in [0.4, 0.5) is 17.5 Å². The van der Waals surface area contributed by atoms with Gasteiger partial charge in [0.15, 0.2) is 0 Å². The van der Waals surface area contributed by atoms with E-state index in [4.69, 9.17) is 19.4 Å². The molecule has 3 aromatic rings. The maximum atomic E-state index is 9.33. The van der Waals surface area contributed by atoms with E-state index in [1.54, 1.807) is 7.11 Å². The molecule has 3 heterocycles. The van der Waals surface area contributed by atoms with Gasteiger partial charge in [0.2, 0.25) is 5.95 Å². The summed E-state index contributed by atoms with van der Waals surface area (Å²) >= 11 is 0. The summed E-state index contributed by atoms with van der Waals surface area (Å²) in [6.45, 7) is 3.66. The molecule has 7 nitrogen and oxygen atoms in total. The van der Waals surface area contributed by atoms with E-state index in [-0.39, 0.29) is 0 Å². The first-order chi connectivity index (χ1) is 15.3. The Kier molecular flexibility index (Phi) is 5.14. The van der Waals surface area contributed by atoms with Crippen molar-refractivity contribution in [2.24, 2.45) is 0 Å². The SMILES string of the molecule is COc1cccc(-c2nc(N3CCOCC3)nc3c2CCN3c2cccc(C#N)c2)c1. The average Bonchev–Trinajstić information content (AvgIpc) is 3.28. The lowest BCUT2D eigenvalue weighted by atomic mass is 10.1. The molecule has 0 aliphatic carbocycles. The summed E-state index contributed by atoms with van der Waals surface area (Å²) in [5.74, 6) is 2.42. The van der Waals surface area contributed by atoms with Crippen LogP contribution in [0.5, 0.6) is 5.75 Å². The first-order valence-corrected chi connectivity index (χ1v) is 10.4. The molecule has 0 N–H and O–H groups in total. The molecule has 1 fully saturated rings. The van der Waals surface area contributed by atoms with Crippen molar-refractivity contribution in [2.45, 2.75) is 6.42 Å². The van der Waals surface area contributed by atoms with E-state index in [9.17, 15) is 5.26 Å². The predicted molar refractivity (Wildman–Crippen MR) is 119 cm³/mol. The molecule has 2 aromatic carbocycles. The van der Waals surface area contributed by atoms with Gasteiger partial charge >= 0.3 is 0 Å². The number of benzene rings is 2. The monoisotopic (exact) mass is 413 g/mol. The molecule has 0 radical (unpaired) electrons. The Bertz CT molecular complexity index is 1150. The Morgan fingerprint density at radius 2 is 1.87 bits per heavy atom. The van der Waals surface area contributed by atoms with Gasteiger partial charge in [-0.15, -0.1) is 0 Å². The molecular weight excluding hydrogens is 390 g/mol. The van der Waals surface area contributed by atoms with Crippen molar-refractivity contribution in [3.63, 3.8) is 0 Å². The third kappa shape index (κ3) is 3.66. The summed E-state index contributed by atoms with van der Waals surface area (Å²) < 4.78 is 11.0. The number of hydrogen-bond donors (Lipinski definition) is 0. The van der Waals surface area contributed by atoms with Gasteiger partial charge in [0.1, 0.15) is 11.6 Å². The van der Waals surface area contributed by atoms with E-state index in [0.717, 1.165) is 60.1 Å². The Labute approximate surface area is 181 Å². The van der Waals surface area contributed by atoms with Crippen LogP contribution < -0.4 is 14.5 Å². The fourth-order valence-electron chi connectivity index (χ4n) is 4.15. The van der Waals surface area contributed by atoms with Crippen LogP contribution in [0.3, 0.4) is 0 Å². The Morgan fingerprint density at radius 1 is 1.03 bits per heavy atom. The van der Waals surface area contributed by atoms with Gasteiger partial charge in [-0.25, -0.2) is 4.98 Å². The van der Waals surface area contributed by atoms with Crippen LogP contribution in [0.25, 0.3) is 11.3 Å². The zero-order chi connectivity index (χ0) is 21.2. The van der Waals surface area contributed by atoms with Crippen molar-refractivity contribution >= 4 is 17.5 Å². The zero-order valence-corrected chi connectivity index (χ0v) is 17.4. The third-order valence-corrected chi connectivity index (χ3v) is 5.74. The van der Waals surface area contributed by atoms with Crippen molar-refractivity contribution in [2.75, 3.05) is 49.8 Å². The zero-order valence-electron chi connectivity index (χ0n) is 17.4. The van der Waals surface area contributed by atoms with Crippen LogP contribution >= 0.6 is 0 Å². The van der Waals surface area contributed by atoms with Gasteiger partial charge in [0.25, 0.3) is 0 Å². The smallest absolute Gasteiger partial charge is 0.228 e. The third-order valence-electron chi connectivity index (χ3n) is 5.74. The largest absolute Gasteiger partial charge is 0.497 e. The van der Waals surface area contributed by atoms with Gasteiger partial charge in [0, 0.05) is 36.4 Å². The van der Waals surface area contributed by atoms with Crippen LogP contribution in [-0.4, -0.2) is 49.9 Å². The van der Waals surface area contributed by atoms with E-state index >= 15 is 0 Å². The van der Waals surface area contributed by atoms with Crippen LogP contribution in [0.2, 0.25) is 0 Å². The van der Waals surface area contributed by atoms with Crippen molar-refractivity contribution in [1.29, 1.82) is 5.26 Å². The number of hydrogen-bond acceptors (Lipinski definition) is 7. The first kappa shape index (κ1) is 19.3. The van der Waals surface area contributed by atoms with Gasteiger partial charge in [-0.3, -0.25) is 0 Å².